The molecule has 2 aromatic carbocycles. The molecule has 0 bridgehead atoms. The van der Waals surface area contributed by atoms with Gasteiger partial charge in [0.05, 0.1) is 20.9 Å². The number of nitrogens with zero attached hydrogens (tertiary/aromatic N) is 1. The molecule has 3 N–H and O–H groups in total. The number of benzene rings is 2. The first-order valence-corrected chi connectivity index (χ1v) is 6.57. The fraction of sp³-hybridized carbons (Fsp3) is 0. The van der Waals surface area contributed by atoms with Gasteiger partial charge in [-0.15, -0.1) is 0 Å². The lowest BCUT2D eigenvalue weighted by atomic mass is 10.1. The quantitative estimate of drug-likeness (QED) is 0.598. The molecule has 0 saturated heterocycles. The fourth-order valence-corrected chi connectivity index (χ4v) is 2.51. The van der Waals surface area contributed by atoms with Crippen molar-refractivity contribution in [3.8, 4) is 22.9 Å². The number of H-pyrrole nitrogens is 1. The zero-order chi connectivity index (χ0) is 14.3. The Morgan fingerprint density at radius 1 is 1.05 bits per heavy atom. The molecule has 20 heavy (non-hydrogen) atoms. The Morgan fingerprint density at radius 3 is 2.55 bits per heavy atom. The number of hydrogen-bond donors (Lipinski definition) is 3. The molecule has 1 heterocycles. The molecule has 0 aliphatic heterocycles. The minimum atomic E-state index is -0.305. The van der Waals surface area contributed by atoms with Crippen molar-refractivity contribution < 1.29 is 10.2 Å². The van der Waals surface area contributed by atoms with Crippen LogP contribution in [-0.4, -0.2) is 20.2 Å². The monoisotopic (exact) mass is 332 g/mol. The first-order valence-electron chi connectivity index (χ1n) is 5.78. The number of halogens is 1. The summed E-state index contributed by atoms with van der Waals surface area (Å²) in [5.74, 6) is 0.0516. The lowest BCUT2D eigenvalue weighted by Crippen LogP contribution is -2.09. The van der Waals surface area contributed by atoms with Crippen molar-refractivity contribution in [2.24, 2.45) is 0 Å². The molecule has 0 atom stereocenters. The van der Waals surface area contributed by atoms with E-state index < -0.39 is 0 Å². The third kappa shape index (κ3) is 1.94. The lowest BCUT2D eigenvalue weighted by molar-refractivity contribution is 0.458. The Morgan fingerprint density at radius 2 is 1.75 bits per heavy atom. The van der Waals surface area contributed by atoms with Crippen LogP contribution in [0.3, 0.4) is 0 Å². The van der Waals surface area contributed by atoms with Gasteiger partial charge in [0.15, 0.2) is 0 Å². The van der Waals surface area contributed by atoms with Gasteiger partial charge in [0.25, 0.3) is 5.56 Å². The number of aromatic amines is 1. The van der Waals surface area contributed by atoms with Crippen molar-refractivity contribution in [1.82, 2.24) is 9.97 Å². The fourth-order valence-electron chi connectivity index (χ4n) is 1.98. The molecule has 100 valence electrons. The molecule has 0 unspecified atom stereocenters. The van der Waals surface area contributed by atoms with Crippen LogP contribution in [0.1, 0.15) is 0 Å². The van der Waals surface area contributed by atoms with Gasteiger partial charge in [-0.1, -0.05) is 12.1 Å². The van der Waals surface area contributed by atoms with Gasteiger partial charge < -0.3 is 15.2 Å². The van der Waals surface area contributed by atoms with E-state index in [4.69, 9.17) is 0 Å². The second kappa shape index (κ2) is 4.64. The van der Waals surface area contributed by atoms with Gasteiger partial charge >= 0.3 is 0 Å². The largest absolute Gasteiger partial charge is 0.507 e. The number of nitrogens with one attached hydrogen (secondary N) is 1. The summed E-state index contributed by atoms with van der Waals surface area (Å²) in [6.45, 7) is 0. The highest BCUT2D eigenvalue weighted by atomic mass is 79.9. The van der Waals surface area contributed by atoms with Crippen molar-refractivity contribution in [2.45, 2.75) is 0 Å². The molecule has 0 spiro atoms. The highest BCUT2D eigenvalue weighted by Crippen LogP contribution is 2.39. The van der Waals surface area contributed by atoms with E-state index in [1.165, 1.54) is 12.1 Å². The average molecular weight is 333 g/mol. The van der Waals surface area contributed by atoms with Crippen LogP contribution in [0.2, 0.25) is 0 Å². The number of aromatic hydroxyl groups is 2. The predicted molar refractivity (Wildman–Crippen MR) is 78.8 cm³/mol. The summed E-state index contributed by atoms with van der Waals surface area (Å²) in [5, 5.41) is 20.1. The standard InChI is InChI=1S/C14H9BrN2O3/c15-12-10(19)6-5-9(18)11(12)13-16-8-4-2-1-3-7(8)14(20)17-13/h1-6,18-19H,(H,16,17,20). The molecule has 5 nitrogen and oxygen atoms in total. The van der Waals surface area contributed by atoms with Crippen molar-refractivity contribution in [3.63, 3.8) is 0 Å². The van der Waals surface area contributed by atoms with Crippen LogP contribution >= 0.6 is 15.9 Å². The van der Waals surface area contributed by atoms with Crippen LogP contribution in [0, 0.1) is 0 Å². The summed E-state index contributed by atoms with van der Waals surface area (Å²) < 4.78 is 0.274. The molecule has 0 aliphatic rings. The topological polar surface area (TPSA) is 86.2 Å². The molecular weight excluding hydrogens is 324 g/mol. The van der Waals surface area contributed by atoms with Gasteiger partial charge in [-0.25, -0.2) is 4.98 Å². The van der Waals surface area contributed by atoms with Crippen LogP contribution < -0.4 is 5.56 Å². The second-order valence-electron chi connectivity index (χ2n) is 4.22. The summed E-state index contributed by atoms with van der Waals surface area (Å²) in [4.78, 5) is 18.9. The zero-order valence-electron chi connectivity index (χ0n) is 10.1. The predicted octanol–water partition coefficient (Wildman–Crippen LogP) is 2.76. The van der Waals surface area contributed by atoms with Crippen LogP contribution in [0.15, 0.2) is 45.7 Å². The SMILES string of the molecule is O=c1[nH]c(-c2c(O)ccc(O)c2Br)nc2ccccc12. The number of rotatable bonds is 1. The van der Waals surface area contributed by atoms with E-state index in [1.54, 1.807) is 24.3 Å². The van der Waals surface area contributed by atoms with Crippen LogP contribution in [0.25, 0.3) is 22.3 Å². The minimum absolute atomic E-state index is 0.0476. The van der Waals surface area contributed by atoms with Crippen LogP contribution in [0.4, 0.5) is 0 Å². The van der Waals surface area contributed by atoms with Gasteiger partial charge in [0.1, 0.15) is 17.3 Å². The van der Waals surface area contributed by atoms with Crippen molar-refractivity contribution >= 4 is 26.8 Å². The summed E-state index contributed by atoms with van der Waals surface area (Å²) in [6, 6.07) is 9.59. The van der Waals surface area contributed by atoms with E-state index >= 15 is 0 Å². The first-order chi connectivity index (χ1) is 9.58. The molecule has 0 fully saturated rings. The Kier molecular flexibility index (Phi) is 2.94. The maximum absolute atomic E-state index is 12.0. The molecule has 3 aromatic rings. The highest BCUT2D eigenvalue weighted by Gasteiger charge is 2.16. The third-order valence-electron chi connectivity index (χ3n) is 2.95. The van der Waals surface area contributed by atoms with Gasteiger partial charge in [0, 0.05) is 0 Å². The number of fused-ring (bicyclic) bond motifs is 1. The first kappa shape index (κ1) is 12.7. The summed E-state index contributed by atoms with van der Waals surface area (Å²) in [5.41, 5.74) is 0.453. The maximum Gasteiger partial charge on any atom is 0.259 e. The third-order valence-corrected chi connectivity index (χ3v) is 3.75. The average Bonchev–Trinajstić information content (AvgIpc) is 2.44. The molecule has 6 heteroatoms. The zero-order valence-corrected chi connectivity index (χ0v) is 11.7. The van der Waals surface area contributed by atoms with Gasteiger partial charge in [-0.05, 0) is 40.2 Å². The van der Waals surface area contributed by atoms with Crippen molar-refractivity contribution in [3.05, 3.63) is 51.2 Å². The number of para-hydroxylation sites is 1. The molecule has 0 aliphatic carbocycles. The summed E-state index contributed by atoms with van der Waals surface area (Å²) in [6.07, 6.45) is 0. The number of phenolic OH excluding ortho intramolecular Hbond substituents is 2. The summed E-state index contributed by atoms with van der Waals surface area (Å²) >= 11 is 3.18. The molecule has 0 saturated carbocycles. The normalized spacial score (nSPS) is 10.8. The van der Waals surface area contributed by atoms with E-state index in [1.807, 2.05) is 0 Å². The number of hydrogen-bond acceptors (Lipinski definition) is 4. The molecule has 3 rings (SSSR count). The van der Waals surface area contributed by atoms with Crippen molar-refractivity contribution in [2.75, 3.05) is 0 Å². The number of aromatic nitrogens is 2. The van der Waals surface area contributed by atoms with Gasteiger partial charge in [-0.3, -0.25) is 4.79 Å². The molecular formula is C14H9BrN2O3. The Hall–Kier alpha value is -2.34. The van der Waals surface area contributed by atoms with Crippen LogP contribution in [0.5, 0.6) is 11.5 Å². The van der Waals surface area contributed by atoms with E-state index in [0.717, 1.165) is 0 Å². The van der Waals surface area contributed by atoms with Gasteiger partial charge in [0.2, 0.25) is 0 Å². The lowest BCUT2D eigenvalue weighted by Gasteiger charge is -2.08. The molecule has 0 amide bonds. The Labute approximate surface area is 121 Å². The van der Waals surface area contributed by atoms with E-state index in [0.29, 0.717) is 10.9 Å². The van der Waals surface area contributed by atoms with Crippen molar-refractivity contribution in [1.29, 1.82) is 0 Å². The smallest absolute Gasteiger partial charge is 0.259 e. The Balaban J connectivity index is 2.36. The molecule has 0 radical (unpaired) electrons. The second-order valence-corrected chi connectivity index (χ2v) is 5.02. The minimum Gasteiger partial charge on any atom is -0.507 e. The van der Waals surface area contributed by atoms with E-state index in [9.17, 15) is 15.0 Å². The maximum atomic E-state index is 12.0. The molecule has 1 aromatic heterocycles. The number of phenols is 2. The van der Waals surface area contributed by atoms with E-state index in [2.05, 4.69) is 25.9 Å². The summed E-state index contributed by atoms with van der Waals surface area (Å²) in [7, 11) is 0. The Bertz CT molecular complexity index is 874. The van der Waals surface area contributed by atoms with Gasteiger partial charge in [-0.2, -0.15) is 0 Å². The van der Waals surface area contributed by atoms with E-state index in [-0.39, 0.29) is 32.9 Å². The highest BCUT2D eigenvalue weighted by molar-refractivity contribution is 9.10. The van der Waals surface area contributed by atoms with Crippen LogP contribution in [-0.2, 0) is 0 Å².